The van der Waals surface area contributed by atoms with Gasteiger partial charge in [0.25, 0.3) is 0 Å². The molecule has 3 aromatic rings. The van der Waals surface area contributed by atoms with Gasteiger partial charge in [-0.25, -0.2) is 0 Å². The highest BCUT2D eigenvalue weighted by molar-refractivity contribution is 7.16. The zero-order valence-corrected chi connectivity index (χ0v) is 15.7. The summed E-state index contributed by atoms with van der Waals surface area (Å²) in [6, 6.07) is 12.1. The number of hydrogen-bond acceptors (Lipinski definition) is 2. The van der Waals surface area contributed by atoms with Crippen molar-refractivity contribution in [3.63, 3.8) is 0 Å². The molecule has 5 heteroatoms. The molecular formula is C19H21ClN2OS. The number of benzene rings is 1. The topological polar surface area (TPSA) is 34.0 Å². The Morgan fingerprint density at radius 3 is 2.67 bits per heavy atom. The fourth-order valence-corrected chi connectivity index (χ4v) is 3.79. The van der Waals surface area contributed by atoms with E-state index in [1.165, 1.54) is 4.88 Å². The summed E-state index contributed by atoms with van der Waals surface area (Å²) in [7, 11) is 0. The minimum atomic E-state index is -0.0144. The number of rotatable bonds is 4. The minimum absolute atomic E-state index is 0.0144. The molecule has 0 fully saturated rings. The maximum Gasteiger partial charge on any atom is 0.224 e. The van der Waals surface area contributed by atoms with Crippen molar-refractivity contribution in [1.82, 2.24) is 4.57 Å². The van der Waals surface area contributed by atoms with E-state index in [0.717, 1.165) is 27.5 Å². The zero-order chi connectivity index (χ0) is 17.3. The molecule has 126 valence electrons. The average Bonchev–Trinajstić information content (AvgIpc) is 3.04. The summed E-state index contributed by atoms with van der Waals surface area (Å²) in [5, 5.41) is 4.11. The lowest BCUT2D eigenvalue weighted by Gasteiger charge is -2.17. The average molecular weight is 361 g/mol. The largest absolute Gasteiger partial charge is 0.342 e. The quantitative estimate of drug-likeness (QED) is 0.628. The Kier molecular flexibility index (Phi) is 4.70. The third-order valence-electron chi connectivity index (χ3n) is 3.70. The van der Waals surface area contributed by atoms with Crippen molar-refractivity contribution in [2.45, 2.75) is 33.7 Å². The molecule has 0 bridgehead atoms. The third kappa shape index (κ3) is 4.19. The second kappa shape index (κ2) is 6.61. The number of nitrogens with zero attached hydrogens (tertiary/aromatic N) is 1. The van der Waals surface area contributed by atoms with Gasteiger partial charge in [-0.15, -0.1) is 11.3 Å². The first-order chi connectivity index (χ1) is 11.3. The molecule has 1 aromatic carbocycles. The molecule has 0 unspecified atom stereocenters. The predicted molar refractivity (Wildman–Crippen MR) is 103 cm³/mol. The third-order valence-corrected chi connectivity index (χ3v) is 4.92. The smallest absolute Gasteiger partial charge is 0.224 e. The molecular weight excluding hydrogens is 340 g/mol. The number of amides is 1. The van der Waals surface area contributed by atoms with Gasteiger partial charge in [0.1, 0.15) is 0 Å². The highest BCUT2D eigenvalue weighted by Gasteiger charge is 2.16. The maximum atomic E-state index is 12.1. The number of hydrogen-bond donors (Lipinski definition) is 1. The first-order valence-corrected chi connectivity index (χ1v) is 9.13. The Morgan fingerprint density at radius 2 is 2.00 bits per heavy atom. The standard InChI is InChI=1S/C19H21ClN2OS/c1-19(2,3)11-18(23)21-14-4-6-16-13(10-14)8-9-22(16)12-15-5-7-17(20)24-15/h4-10H,11-12H2,1-3H3,(H,21,23). The van der Waals surface area contributed by atoms with Gasteiger partial charge in [-0.05, 0) is 41.8 Å². The monoisotopic (exact) mass is 360 g/mol. The highest BCUT2D eigenvalue weighted by atomic mass is 35.5. The van der Waals surface area contributed by atoms with Crippen LogP contribution in [0, 0.1) is 5.41 Å². The van der Waals surface area contributed by atoms with E-state index in [1.54, 1.807) is 11.3 Å². The van der Waals surface area contributed by atoms with E-state index in [2.05, 4.69) is 55.1 Å². The van der Waals surface area contributed by atoms with Crippen LogP contribution in [0.3, 0.4) is 0 Å². The van der Waals surface area contributed by atoms with Crippen LogP contribution in [0.1, 0.15) is 32.1 Å². The van der Waals surface area contributed by atoms with Crippen molar-refractivity contribution >= 4 is 45.4 Å². The van der Waals surface area contributed by atoms with Crippen molar-refractivity contribution in [2.75, 3.05) is 5.32 Å². The summed E-state index contributed by atoms with van der Waals surface area (Å²) < 4.78 is 3.00. The van der Waals surface area contributed by atoms with E-state index in [0.29, 0.717) is 6.42 Å². The van der Waals surface area contributed by atoms with Crippen molar-refractivity contribution in [1.29, 1.82) is 0 Å². The molecule has 0 saturated heterocycles. The van der Waals surface area contributed by atoms with Gasteiger partial charge in [-0.2, -0.15) is 0 Å². The van der Waals surface area contributed by atoms with Crippen LogP contribution in [-0.2, 0) is 11.3 Å². The molecule has 0 radical (unpaired) electrons. The SMILES string of the molecule is CC(C)(C)CC(=O)Nc1ccc2c(ccn2Cc2ccc(Cl)s2)c1. The molecule has 0 aliphatic carbocycles. The number of carbonyl (C=O) groups excluding carboxylic acids is 1. The molecule has 0 aliphatic rings. The van der Waals surface area contributed by atoms with Crippen molar-refractivity contribution in [3.8, 4) is 0 Å². The Balaban J connectivity index is 1.77. The van der Waals surface area contributed by atoms with Crippen LogP contribution in [0.4, 0.5) is 5.69 Å². The fourth-order valence-electron chi connectivity index (χ4n) is 2.71. The van der Waals surface area contributed by atoms with Gasteiger partial charge in [0.2, 0.25) is 5.91 Å². The summed E-state index contributed by atoms with van der Waals surface area (Å²) >= 11 is 7.60. The summed E-state index contributed by atoms with van der Waals surface area (Å²) in [6.45, 7) is 6.99. The van der Waals surface area contributed by atoms with Gasteiger partial charge in [-0.1, -0.05) is 32.4 Å². The minimum Gasteiger partial charge on any atom is -0.342 e. The van der Waals surface area contributed by atoms with Gasteiger partial charge >= 0.3 is 0 Å². The number of anilines is 1. The fraction of sp³-hybridized carbons (Fsp3) is 0.316. The molecule has 0 atom stereocenters. The number of fused-ring (bicyclic) bond motifs is 1. The number of halogens is 1. The van der Waals surface area contributed by atoms with Crippen molar-refractivity contribution in [3.05, 3.63) is 51.8 Å². The van der Waals surface area contributed by atoms with Gasteiger partial charge in [0.15, 0.2) is 0 Å². The Labute approximate surface area is 151 Å². The molecule has 3 nitrogen and oxygen atoms in total. The lowest BCUT2D eigenvalue weighted by Crippen LogP contribution is -2.19. The second-order valence-corrected chi connectivity index (χ2v) is 9.01. The van der Waals surface area contributed by atoms with E-state index in [9.17, 15) is 4.79 Å². The van der Waals surface area contributed by atoms with Crippen molar-refractivity contribution in [2.24, 2.45) is 5.41 Å². The zero-order valence-electron chi connectivity index (χ0n) is 14.1. The molecule has 24 heavy (non-hydrogen) atoms. The molecule has 1 amide bonds. The summed E-state index contributed by atoms with van der Waals surface area (Å²) in [5.74, 6) is 0.0505. The number of aromatic nitrogens is 1. The highest BCUT2D eigenvalue weighted by Crippen LogP contribution is 2.26. The Hall–Kier alpha value is -1.78. The molecule has 2 aromatic heterocycles. The van der Waals surface area contributed by atoms with Gasteiger partial charge < -0.3 is 9.88 Å². The van der Waals surface area contributed by atoms with E-state index in [4.69, 9.17) is 11.6 Å². The molecule has 0 spiro atoms. The molecule has 0 aliphatic heterocycles. The van der Waals surface area contributed by atoms with E-state index >= 15 is 0 Å². The van der Waals surface area contributed by atoms with Gasteiger partial charge in [0, 0.05) is 34.1 Å². The number of carbonyl (C=O) groups is 1. The lowest BCUT2D eigenvalue weighted by atomic mass is 9.92. The summed E-state index contributed by atoms with van der Waals surface area (Å²) in [4.78, 5) is 13.3. The first-order valence-electron chi connectivity index (χ1n) is 7.93. The summed E-state index contributed by atoms with van der Waals surface area (Å²) in [6.07, 6.45) is 2.57. The van der Waals surface area contributed by atoms with Crippen LogP contribution in [0.2, 0.25) is 4.34 Å². The van der Waals surface area contributed by atoms with E-state index in [-0.39, 0.29) is 11.3 Å². The molecule has 3 rings (SSSR count). The van der Waals surface area contributed by atoms with Crippen LogP contribution in [-0.4, -0.2) is 10.5 Å². The lowest BCUT2D eigenvalue weighted by molar-refractivity contribution is -0.117. The van der Waals surface area contributed by atoms with Crippen LogP contribution in [0.25, 0.3) is 10.9 Å². The summed E-state index contributed by atoms with van der Waals surface area (Å²) in [5.41, 5.74) is 1.97. The number of thiophene rings is 1. The molecule has 1 N–H and O–H groups in total. The van der Waals surface area contributed by atoms with Crippen LogP contribution in [0.5, 0.6) is 0 Å². The molecule has 2 heterocycles. The Morgan fingerprint density at radius 1 is 1.21 bits per heavy atom. The first kappa shape index (κ1) is 17.1. The van der Waals surface area contributed by atoms with Crippen LogP contribution >= 0.6 is 22.9 Å². The second-order valence-electron chi connectivity index (χ2n) is 7.21. The van der Waals surface area contributed by atoms with Crippen molar-refractivity contribution < 1.29 is 4.79 Å². The van der Waals surface area contributed by atoms with Gasteiger partial charge in [0.05, 0.1) is 10.9 Å². The Bertz CT molecular complexity index is 873. The number of nitrogens with one attached hydrogen (secondary N) is 1. The van der Waals surface area contributed by atoms with Crippen LogP contribution < -0.4 is 5.32 Å². The van der Waals surface area contributed by atoms with E-state index < -0.39 is 0 Å². The molecule has 0 saturated carbocycles. The van der Waals surface area contributed by atoms with Crippen LogP contribution in [0.15, 0.2) is 42.6 Å². The predicted octanol–water partition coefficient (Wildman–Crippen LogP) is 5.78. The van der Waals surface area contributed by atoms with Gasteiger partial charge in [-0.3, -0.25) is 4.79 Å². The maximum absolute atomic E-state index is 12.1. The normalized spacial score (nSPS) is 11.8. The van der Waals surface area contributed by atoms with E-state index in [1.807, 2.05) is 18.2 Å².